The summed E-state index contributed by atoms with van der Waals surface area (Å²) in [6, 6.07) is 0. The molecule has 0 aromatic heterocycles. The Bertz CT molecular complexity index is 249. The van der Waals surface area contributed by atoms with E-state index < -0.39 is 0 Å². The Morgan fingerprint density at radius 3 is 2.25 bits per heavy atom. The van der Waals surface area contributed by atoms with Crippen LogP contribution in [0.3, 0.4) is 0 Å². The highest BCUT2D eigenvalue weighted by atomic mass is 32.2. The lowest BCUT2D eigenvalue weighted by atomic mass is 10.1. The smallest absolute Gasteiger partial charge is 0.307 e. The molecule has 0 N–H and O–H groups in total. The van der Waals surface area contributed by atoms with Gasteiger partial charge >= 0.3 is 5.97 Å². The standard InChI is InChI=1S/C13H24O2S/c1-7-8-9-16-13(5,6)10-11(14)15-12(2,3)4/h7-8H,9-10H2,1-6H3/b8-7-. The van der Waals surface area contributed by atoms with Gasteiger partial charge in [-0.05, 0) is 27.7 Å². The Kier molecular flexibility index (Phi) is 6.16. The molecule has 0 amide bonds. The van der Waals surface area contributed by atoms with E-state index in [0.29, 0.717) is 6.42 Å². The van der Waals surface area contributed by atoms with Crippen LogP contribution in [-0.4, -0.2) is 22.1 Å². The summed E-state index contributed by atoms with van der Waals surface area (Å²) >= 11 is 1.77. The van der Waals surface area contributed by atoms with Crippen LogP contribution < -0.4 is 0 Å². The van der Waals surface area contributed by atoms with E-state index in [4.69, 9.17) is 4.74 Å². The molecular weight excluding hydrogens is 220 g/mol. The van der Waals surface area contributed by atoms with Crippen molar-refractivity contribution >= 4 is 17.7 Å². The molecule has 3 heteroatoms. The molecule has 16 heavy (non-hydrogen) atoms. The molecule has 0 atom stereocenters. The summed E-state index contributed by atoms with van der Waals surface area (Å²) in [5.41, 5.74) is -0.388. The second kappa shape index (κ2) is 6.33. The summed E-state index contributed by atoms with van der Waals surface area (Å²) in [5.74, 6) is 0.817. The molecule has 0 aliphatic heterocycles. The Morgan fingerprint density at radius 2 is 1.81 bits per heavy atom. The van der Waals surface area contributed by atoms with Crippen LogP contribution in [0.4, 0.5) is 0 Å². The van der Waals surface area contributed by atoms with Crippen molar-refractivity contribution in [3.8, 4) is 0 Å². The molecule has 0 saturated heterocycles. The number of allylic oxidation sites excluding steroid dienone is 1. The van der Waals surface area contributed by atoms with Crippen LogP contribution >= 0.6 is 11.8 Å². The van der Waals surface area contributed by atoms with Crippen molar-refractivity contribution in [2.75, 3.05) is 5.75 Å². The minimum absolute atomic E-state index is 0.0676. The van der Waals surface area contributed by atoms with E-state index in [1.165, 1.54) is 0 Å². The number of carbonyl (C=O) groups excluding carboxylic acids is 1. The molecule has 0 rings (SSSR count). The van der Waals surface area contributed by atoms with E-state index in [1.807, 2.05) is 33.8 Å². The zero-order valence-electron chi connectivity index (χ0n) is 11.3. The first-order chi connectivity index (χ1) is 7.16. The number of hydrogen-bond acceptors (Lipinski definition) is 3. The lowest BCUT2D eigenvalue weighted by molar-refractivity contribution is -0.155. The average Bonchev–Trinajstić information content (AvgIpc) is 1.98. The topological polar surface area (TPSA) is 26.3 Å². The van der Waals surface area contributed by atoms with Crippen molar-refractivity contribution < 1.29 is 9.53 Å². The maximum atomic E-state index is 11.7. The number of ether oxygens (including phenoxy) is 1. The van der Waals surface area contributed by atoms with Gasteiger partial charge in [-0.2, -0.15) is 11.8 Å². The SMILES string of the molecule is C/C=C\CSC(C)(C)CC(=O)OC(C)(C)C. The van der Waals surface area contributed by atoms with Crippen molar-refractivity contribution in [3.05, 3.63) is 12.2 Å². The molecule has 0 aromatic rings. The fourth-order valence-corrected chi connectivity index (χ4v) is 2.11. The summed E-state index contributed by atoms with van der Waals surface area (Å²) in [5, 5.41) is 0. The van der Waals surface area contributed by atoms with E-state index in [1.54, 1.807) is 11.8 Å². The zero-order valence-corrected chi connectivity index (χ0v) is 12.1. The van der Waals surface area contributed by atoms with Gasteiger partial charge in [-0.25, -0.2) is 0 Å². The maximum absolute atomic E-state index is 11.7. The minimum atomic E-state index is -0.388. The van der Waals surface area contributed by atoms with E-state index in [2.05, 4.69) is 19.9 Å². The van der Waals surface area contributed by atoms with Gasteiger partial charge in [0.25, 0.3) is 0 Å². The quantitative estimate of drug-likeness (QED) is 0.543. The van der Waals surface area contributed by atoms with E-state index in [9.17, 15) is 4.79 Å². The molecule has 0 heterocycles. The van der Waals surface area contributed by atoms with Gasteiger partial charge in [-0.15, -0.1) is 0 Å². The lowest BCUT2D eigenvalue weighted by Gasteiger charge is -2.25. The Morgan fingerprint density at radius 1 is 1.25 bits per heavy atom. The maximum Gasteiger partial charge on any atom is 0.307 e. The Hall–Kier alpha value is -0.440. The molecule has 0 aromatic carbocycles. The third-order valence-electron chi connectivity index (χ3n) is 1.80. The summed E-state index contributed by atoms with van der Waals surface area (Å²) in [7, 11) is 0. The molecule has 0 radical (unpaired) electrons. The van der Waals surface area contributed by atoms with Crippen LogP contribution in [0, 0.1) is 0 Å². The number of esters is 1. The van der Waals surface area contributed by atoms with Crippen LogP contribution in [0.2, 0.25) is 0 Å². The van der Waals surface area contributed by atoms with Crippen LogP contribution in [0.5, 0.6) is 0 Å². The van der Waals surface area contributed by atoms with Crippen molar-refractivity contribution in [1.82, 2.24) is 0 Å². The van der Waals surface area contributed by atoms with Crippen molar-refractivity contribution in [3.63, 3.8) is 0 Å². The summed E-state index contributed by atoms with van der Waals surface area (Å²) in [6.07, 6.45) is 4.57. The minimum Gasteiger partial charge on any atom is -0.460 e. The van der Waals surface area contributed by atoms with Crippen LogP contribution in [0.25, 0.3) is 0 Å². The number of thioether (sulfide) groups is 1. The predicted molar refractivity (Wildman–Crippen MR) is 71.8 cm³/mol. The van der Waals surface area contributed by atoms with Gasteiger partial charge in [-0.1, -0.05) is 26.0 Å². The summed E-state index contributed by atoms with van der Waals surface area (Å²) in [6.45, 7) is 11.8. The fraction of sp³-hybridized carbons (Fsp3) is 0.769. The Labute approximate surface area is 104 Å². The molecule has 0 aliphatic rings. The second-order valence-corrected chi connectivity index (χ2v) is 7.13. The first kappa shape index (κ1) is 15.6. The third-order valence-corrected chi connectivity index (χ3v) is 3.08. The fourth-order valence-electron chi connectivity index (χ4n) is 1.15. The first-order valence-electron chi connectivity index (χ1n) is 5.63. The predicted octanol–water partition coefficient (Wildman–Crippen LogP) is 3.81. The molecule has 94 valence electrons. The number of hydrogen-bond donors (Lipinski definition) is 0. The average molecular weight is 244 g/mol. The zero-order chi connectivity index (χ0) is 12.8. The van der Waals surface area contributed by atoms with Gasteiger partial charge in [0.2, 0.25) is 0 Å². The van der Waals surface area contributed by atoms with E-state index >= 15 is 0 Å². The summed E-state index contributed by atoms with van der Waals surface area (Å²) < 4.78 is 5.24. The van der Waals surface area contributed by atoms with Crippen LogP contribution in [0.15, 0.2) is 12.2 Å². The van der Waals surface area contributed by atoms with E-state index in [-0.39, 0.29) is 16.3 Å². The molecule has 0 bridgehead atoms. The molecule has 0 saturated carbocycles. The molecule has 0 aliphatic carbocycles. The van der Waals surface area contributed by atoms with Crippen molar-refractivity contribution in [2.45, 2.75) is 58.3 Å². The van der Waals surface area contributed by atoms with Crippen LogP contribution in [0.1, 0.15) is 48.0 Å². The van der Waals surface area contributed by atoms with E-state index in [0.717, 1.165) is 5.75 Å². The molecule has 0 fully saturated rings. The highest BCUT2D eigenvalue weighted by Crippen LogP contribution is 2.29. The lowest BCUT2D eigenvalue weighted by Crippen LogP contribution is -2.29. The van der Waals surface area contributed by atoms with Gasteiger partial charge in [0, 0.05) is 10.5 Å². The van der Waals surface area contributed by atoms with Crippen molar-refractivity contribution in [2.24, 2.45) is 0 Å². The molecule has 2 nitrogen and oxygen atoms in total. The normalized spacial score (nSPS) is 13.1. The van der Waals surface area contributed by atoms with Gasteiger partial charge in [-0.3, -0.25) is 4.79 Å². The largest absolute Gasteiger partial charge is 0.460 e. The number of carbonyl (C=O) groups is 1. The highest BCUT2D eigenvalue weighted by Gasteiger charge is 2.25. The highest BCUT2D eigenvalue weighted by molar-refractivity contribution is 8.00. The number of rotatable bonds is 5. The van der Waals surface area contributed by atoms with Crippen LogP contribution in [-0.2, 0) is 9.53 Å². The van der Waals surface area contributed by atoms with Crippen molar-refractivity contribution in [1.29, 1.82) is 0 Å². The second-order valence-electron chi connectivity index (χ2n) is 5.40. The summed E-state index contributed by atoms with van der Waals surface area (Å²) in [4.78, 5) is 11.7. The molecule has 0 unspecified atom stereocenters. The van der Waals surface area contributed by atoms with Gasteiger partial charge in [0.15, 0.2) is 0 Å². The van der Waals surface area contributed by atoms with Gasteiger partial charge in [0.1, 0.15) is 5.60 Å². The Balaban J connectivity index is 4.10. The van der Waals surface area contributed by atoms with Gasteiger partial charge in [0.05, 0.1) is 6.42 Å². The third kappa shape index (κ3) is 8.84. The molecular formula is C13H24O2S. The molecule has 0 spiro atoms. The first-order valence-corrected chi connectivity index (χ1v) is 6.62. The van der Waals surface area contributed by atoms with Gasteiger partial charge < -0.3 is 4.74 Å². The monoisotopic (exact) mass is 244 g/mol.